The molecule has 8 heteroatoms. The van der Waals surface area contributed by atoms with Gasteiger partial charge in [-0.05, 0) is 23.8 Å². The first kappa shape index (κ1) is 18.2. The van der Waals surface area contributed by atoms with Gasteiger partial charge in [-0.25, -0.2) is 9.37 Å². The van der Waals surface area contributed by atoms with Gasteiger partial charge in [-0.2, -0.15) is 0 Å². The Bertz CT molecular complexity index is 1250. The van der Waals surface area contributed by atoms with Gasteiger partial charge in [-0.1, -0.05) is 35.9 Å². The molecule has 0 bridgehead atoms. The van der Waals surface area contributed by atoms with E-state index in [2.05, 4.69) is 15.3 Å². The Kier molecular flexibility index (Phi) is 4.83. The first-order valence-electron chi connectivity index (χ1n) is 8.69. The lowest BCUT2D eigenvalue weighted by Gasteiger charge is -2.07. The fourth-order valence-corrected chi connectivity index (χ4v) is 3.26. The highest BCUT2D eigenvalue weighted by molar-refractivity contribution is 6.30. The maximum absolute atomic E-state index is 13.2. The van der Waals surface area contributed by atoms with Crippen LogP contribution in [0.15, 0.2) is 53.6 Å². The molecule has 6 nitrogen and oxygen atoms in total. The summed E-state index contributed by atoms with van der Waals surface area (Å²) in [6.45, 7) is 0.431. The second-order valence-electron chi connectivity index (χ2n) is 6.41. The molecule has 2 N–H and O–H groups in total. The molecule has 0 aliphatic carbocycles. The molecule has 2 aromatic carbocycles. The molecule has 2 heterocycles. The summed E-state index contributed by atoms with van der Waals surface area (Å²) < 4.78 is 14.6. The molecule has 4 rings (SSSR count). The number of hydrogen-bond acceptors (Lipinski definition) is 3. The average molecular weight is 399 g/mol. The minimum Gasteiger partial charge on any atom is -0.352 e. The number of hydrogen-bond donors (Lipinski definition) is 2. The van der Waals surface area contributed by atoms with Crippen molar-refractivity contribution in [3.05, 3.63) is 75.5 Å². The van der Waals surface area contributed by atoms with E-state index in [4.69, 9.17) is 11.6 Å². The van der Waals surface area contributed by atoms with Crippen LogP contribution in [-0.2, 0) is 17.9 Å². The highest BCUT2D eigenvalue weighted by atomic mass is 35.5. The number of nitrogens with zero attached hydrogens (tertiary/aromatic N) is 2. The van der Waals surface area contributed by atoms with Crippen LogP contribution < -0.4 is 10.9 Å². The first-order valence-corrected chi connectivity index (χ1v) is 9.07. The summed E-state index contributed by atoms with van der Waals surface area (Å²) in [5, 5.41) is 3.63. The van der Waals surface area contributed by atoms with Crippen molar-refractivity contribution in [3.63, 3.8) is 0 Å². The minimum atomic E-state index is -0.504. The number of aromatic nitrogens is 3. The number of carbonyl (C=O) groups excluding carboxylic acids is 1. The van der Waals surface area contributed by atoms with Gasteiger partial charge in [0.1, 0.15) is 16.9 Å². The SMILES string of the molecule is O=C(CCn1cnc2c([nH]c3ccccc32)c1=O)NCc1ccc(F)c(Cl)c1. The van der Waals surface area contributed by atoms with E-state index in [-0.39, 0.29) is 36.0 Å². The zero-order valence-corrected chi connectivity index (χ0v) is 15.5. The van der Waals surface area contributed by atoms with Crippen LogP contribution in [0.3, 0.4) is 0 Å². The van der Waals surface area contributed by atoms with Crippen molar-refractivity contribution >= 4 is 39.4 Å². The van der Waals surface area contributed by atoms with Gasteiger partial charge in [0.15, 0.2) is 0 Å². The Morgan fingerprint density at radius 1 is 1.25 bits per heavy atom. The molecular weight excluding hydrogens is 383 g/mol. The predicted molar refractivity (Wildman–Crippen MR) is 106 cm³/mol. The van der Waals surface area contributed by atoms with Crippen LogP contribution in [0.2, 0.25) is 5.02 Å². The molecule has 142 valence electrons. The van der Waals surface area contributed by atoms with Crippen LogP contribution in [-0.4, -0.2) is 20.4 Å². The van der Waals surface area contributed by atoms with E-state index in [9.17, 15) is 14.0 Å². The smallest absolute Gasteiger partial charge is 0.277 e. The quantitative estimate of drug-likeness (QED) is 0.541. The number of para-hydroxylation sites is 1. The normalized spacial score (nSPS) is 11.2. The highest BCUT2D eigenvalue weighted by Gasteiger charge is 2.11. The van der Waals surface area contributed by atoms with Crippen molar-refractivity contribution < 1.29 is 9.18 Å². The van der Waals surface area contributed by atoms with Crippen molar-refractivity contribution in [1.29, 1.82) is 0 Å². The lowest BCUT2D eigenvalue weighted by Crippen LogP contribution is -2.27. The van der Waals surface area contributed by atoms with Crippen molar-refractivity contribution in [2.24, 2.45) is 0 Å². The third-order valence-corrected chi connectivity index (χ3v) is 4.82. The van der Waals surface area contributed by atoms with Crippen molar-refractivity contribution in [2.75, 3.05) is 0 Å². The van der Waals surface area contributed by atoms with Crippen molar-refractivity contribution in [3.8, 4) is 0 Å². The van der Waals surface area contributed by atoms with E-state index in [0.717, 1.165) is 10.9 Å². The Morgan fingerprint density at radius 2 is 2.07 bits per heavy atom. The van der Waals surface area contributed by atoms with Crippen molar-refractivity contribution in [1.82, 2.24) is 19.9 Å². The molecule has 0 aliphatic heterocycles. The summed E-state index contributed by atoms with van der Waals surface area (Å²) in [6.07, 6.45) is 1.57. The number of benzene rings is 2. The zero-order valence-electron chi connectivity index (χ0n) is 14.7. The maximum atomic E-state index is 13.2. The van der Waals surface area contributed by atoms with Gasteiger partial charge in [-0.15, -0.1) is 0 Å². The summed E-state index contributed by atoms with van der Waals surface area (Å²) in [7, 11) is 0. The second-order valence-corrected chi connectivity index (χ2v) is 6.82. The first-order chi connectivity index (χ1) is 13.5. The Labute approximate surface area is 164 Å². The standard InChI is InChI=1S/C20H16ClFN4O2/c21-14-9-12(5-6-15(14)22)10-23-17(27)7-8-26-11-24-18-13-3-1-2-4-16(13)25-19(18)20(26)28/h1-6,9,11,25H,7-8,10H2,(H,23,27). The summed E-state index contributed by atoms with van der Waals surface area (Å²) in [5.74, 6) is -0.736. The van der Waals surface area contributed by atoms with E-state index in [0.29, 0.717) is 16.6 Å². The third-order valence-electron chi connectivity index (χ3n) is 4.53. The van der Waals surface area contributed by atoms with Crippen molar-refractivity contribution in [2.45, 2.75) is 19.5 Å². The molecule has 0 radical (unpaired) electrons. The maximum Gasteiger partial charge on any atom is 0.277 e. The van der Waals surface area contributed by atoms with Crippen LogP contribution in [0.5, 0.6) is 0 Å². The van der Waals surface area contributed by atoms with Crippen LogP contribution in [0, 0.1) is 5.82 Å². The fourth-order valence-electron chi connectivity index (χ4n) is 3.06. The summed E-state index contributed by atoms with van der Waals surface area (Å²) in [5.41, 5.74) is 2.35. The van der Waals surface area contributed by atoms with Gasteiger partial charge in [0.2, 0.25) is 5.91 Å². The lowest BCUT2D eigenvalue weighted by molar-refractivity contribution is -0.121. The number of nitrogens with one attached hydrogen (secondary N) is 2. The molecule has 0 spiro atoms. The molecule has 0 saturated heterocycles. The van der Waals surface area contributed by atoms with Gasteiger partial charge in [0, 0.05) is 30.4 Å². The molecule has 0 fully saturated rings. The number of fused-ring (bicyclic) bond motifs is 3. The molecule has 0 aliphatic rings. The monoisotopic (exact) mass is 398 g/mol. The fraction of sp³-hybridized carbons (Fsp3) is 0.150. The van der Waals surface area contributed by atoms with Gasteiger partial charge in [0.05, 0.1) is 11.3 Å². The number of amides is 1. The van der Waals surface area contributed by atoms with Crippen LogP contribution in [0.1, 0.15) is 12.0 Å². The number of H-pyrrole nitrogens is 1. The summed E-state index contributed by atoms with van der Waals surface area (Å²) in [6, 6.07) is 11.8. The van der Waals surface area contributed by atoms with Crippen LogP contribution in [0.25, 0.3) is 21.9 Å². The Morgan fingerprint density at radius 3 is 2.89 bits per heavy atom. The number of aromatic amines is 1. The number of rotatable bonds is 5. The Hall–Kier alpha value is -3.19. The van der Waals surface area contributed by atoms with Gasteiger partial charge in [-0.3, -0.25) is 14.2 Å². The predicted octanol–water partition coefficient (Wildman–Crippen LogP) is 3.38. The van der Waals surface area contributed by atoms with E-state index in [1.807, 2.05) is 24.3 Å². The molecule has 0 saturated carbocycles. The molecule has 0 unspecified atom stereocenters. The number of carbonyl (C=O) groups is 1. The lowest BCUT2D eigenvalue weighted by atomic mass is 10.2. The van der Waals surface area contributed by atoms with E-state index in [1.165, 1.54) is 23.0 Å². The Balaban J connectivity index is 1.44. The molecular formula is C20H16ClFN4O2. The van der Waals surface area contributed by atoms with E-state index >= 15 is 0 Å². The topological polar surface area (TPSA) is 79.8 Å². The van der Waals surface area contributed by atoms with Gasteiger partial charge < -0.3 is 10.3 Å². The number of halogens is 2. The van der Waals surface area contributed by atoms with E-state index in [1.54, 1.807) is 6.07 Å². The van der Waals surface area contributed by atoms with Crippen LogP contribution >= 0.6 is 11.6 Å². The highest BCUT2D eigenvalue weighted by Crippen LogP contribution is 2.20. The molecule has 28 heavy (non-hydrogen) atoms. The van der Waals surface area contributed by atoms with Crippen LogP contribution in [0.4, 0.5) is 4.39 Å². The van der Waals surface area contributed by atoms with E-state index < -0.39 is 5.82 Å². The minimum absolute atomic E-state index is 0.0102. The molecule has 1 amide bonds. The molecule has 0 atom stereocenters. The second kappa shape index (κ2) is 7.44. The average Bonchev–Trinajstić information content (AvgIpc) is 3.08. The van der Waals surface area contributed by atoms with Gasteiger partial charge in [0.25, 0.3) is 5.56 Å². The van der Waals surface area contributed by atoms with Gasteiger partial charge >= 0.3 is 0 Å². The summed E-state index contributed by atoms with van der Waals surface area (Å²) >= 11 is 5.73. The number of aryl methyl sites for hydroxylation is 1. The summed E-state index contributed by atoms with van der Waals surface area (Å²) in [4.78, 5) is 32.2. The third kappa shape index (κ3) is 3.48. The molecule has 4 aromatic rings. The molecule has 2 aromatic heterocycles. The zero-order chi connectivity index (χ0) is 19.7. The largest absolute Gasteiger partial charge is 0.352 e.